The number of ether oxygens (including phenoxy) is 1. The number of morpholine rings is 1. The number of benzene rings is 1. The van der Waals surface area contributed by atoms with Gasteiger partial charge in [-0.3, -0.25) is 9.89 Å². The fourth-order valence-corrected chi connectivity index (χ4v) is 4.26. The van der Waals surface area contributed by atoms with Gasteiger partial charge in [0, 0.05) is 33.2 Å². The summed E-state index contributed by atoms with van der Waals surface area (Å²) in [5.74, 6) is 1.45. The average Bonchev–Trinajstić information content (AvgIpc) is 3.52. The molecule has 1 atom stereocenters. The van der Waals surface area contributed by atoms with E-state index in [9.17, 15) is 4.39 Å². The number of halogens is 1. The third-order valence-corrected chi connectivity index (χ3v) is 5.96. The second kappa shape index (κ2) is 10.6. The van der Waals surface area contributed by atoms with Crippen LogP contribution in [0.25, 0.3) is 0 Å². The number of rotatable bonds is 7. The molecule has 2 aromatic rings. The summed E-state index contributed by atoms with van der Waals surface area (Å²) in [5.41, 5.74) is 1.51. The van der Waals surface area contributed by atoms with E-state index < -0.39 is 0 Å². The number of nitrogens with zero attached hydrogens (tertiary/aromatic N) is 3. The second-order valence-electron chi connectivity index (χ2n) is 7.97. The Kier molecular flexibility index (Phi) is 7.43. The van der Waals surface area contributed by atoms with Crippen molar-refractivity contribution in [1.82, 2.24) is 15.5 Å². The first kappa shape index (κ1) is 21.6. The minimum atomic E-state index is -0.198. The standard InChI is InChI=1S/C23H32FN5O2/c1-25-23(27-17-21(22-5-4-12-31-22)28-8-2-3-9-28)26-16-18-6-7-20(19(24)15-18)29-10-13-30-14-11-29/h4-7,12,15,21H,2-3,8-11,13-14,16-17H2,1H3,(H2,25,26,27). The summed E-state index contributed by atoms with van der Waals surface area (Å²) in [5, 5.41) is 6.70. The largest absolute Gasteiger partial charge is 0.468 e. The molecule has 0 radical (unpaired) electrons. The summed E-state index contributed by atoms with van der Waals surface area (Å²) in [6, 6.07) is 9.54. The molecule has 0 saturated carbocycles. The third kappa shape index (κ3) is 5.57. The quantitative estimate of drug-likeness (QED) is 0.521. The van der Waals surface area contributed by atoms with E-state index >= 15 is 0 Å². The summed E-state index contributed by atoms with van der Waals surface area (Å²) < 4.78 is 25.7. The third-order valence-electron chi connectivity index (χ3n) is 5.96. The number of hydrogen-bond donors (Lipinski definition) is 2. The molecule has 2 fully saturated rings. The van der Waals surface area contributed by atoms with E-state index in [4.69, 9.17) is 9.15 Å². The highest BCUT2D eigenvalue weighted by Crippen LogP contribution is 2.25. The molecule has 8 heteroatoms. The fourth-order valence-electron chi connectivity index (χ4n) is 4.26. The van der Waals surface area contributed by atoms with Crippen molar-refractivity contribution in [1.29, 1.82) is 0 Å². The van der Waals surface area contributed by atoms with E-state index in [2.05, 4.69) is 20.5 Å². The maximum absolute atomic E-state index is 14.7. The van der Waals surface area contributed by atoms with Crippen molar-refractivity contribution < 1.29 is 13.5 Å². The van der Waals surface area contributed by atoms with Gasteiger partial charge in [0.05, 0.1) is 31.2 Å². The number of nitrogens with one attached hydrogen (secondary N) is 2. The lowest BCUT2D eigenvalue weighted by Crippen LogP contribution is -2.42. The van der Waals surface area contributed by atoms with Gasteiger partial charge in [-0.15, -0.1) is 0 Å². The van der Waals surface area contributed by atoms with Crippen LogP contribution in [0, 0.1) is 5.82 Å². The molecule has 2 saturated heterocycles. The molecular weight excluding hydrogens is 397 g/mol. The van der Waals surface area contributed by atoms with E-state index in [1.165, 1.54) is 12.8 Å². The summed E-state index contributed by atoms with van der Waals surface area (Å²) in [6.45, 7) is 6.06. The van der Waals surface area contributed by atoms with Crippen molar-refractivity contribution in [3.05, 3.63) is 53.7 Å². The van der Waals surface area contributed by atoms with E-state index in [0.717, 1.165) is 37.5 Å². The zero-order valence-corrected chi connectivity index (χ0v) is 18.1. The minimum Gasteiger partial charge on any atom is -0.468 e. The highest BCUT2D eigenvalue weighted by atomic mass is 19.1. The van der Waals surface area contributed by atoms with E-state index in [0.29, 0.717) is 38.0 Å². The predicted octanol–water partition coefficient (Wildman–Crippen LogP) is 2.76. The van der Waals surface area contributed by atoms with Crippen molar-refractivity contribution in [3.8, 4) is 0 Å². The van der Waals surface area contributed by atoms with Crippen molar-refractivity contribution in [3.63, 3.8) is 0 Å². The van der Waals surface area contributed by atoms with Crippen molar-refractivity contribution in [2.24, 2.45) is 4.99 Å². The molecule has 0 bridgehead atoms. The van der Waals surface area contributed by atoms with Gasteiger partial charge < -0.3 is 24.7 Å². The van der Waals surface area contributed by atoms with E-state index in [1.54, 1.807) is 19.4 Å². The molecule has 2 aliphatic heterocycles. The van der Waals surface area contributed by atoms with Gasteiger partial charge in [-0.2, -0.15) is 0 Å². The van der Waals surface area contributed by atoms with Crippen molar-refractivity contribution >= 4 is 11.6 Å². The normalized spacial score (nSPS) is 18.9. The average molecular weight is 430 g/mol. The van der Waals surface area contributed by atoms with Gasteiger partial charge in [0.1, 0.15) is 11.6 Å². The molecule has 168 valence electrons. The Balaban J connectivity index is 1.32. The maximum Gasteiger partial charge on any atom is 0.191 e. The number of hydrogen-bond acceptors (Lipinski definition) is 5. The van der Waals surface area contributed by atoms with Crippen LogP contribution in [0.3, 0.4) is 0 Å². The zero-order valence-electron chi connectivity index (χ0n) is 18.1. The zero-order chi connectivity index (χ0) is 21.5. The monoisotopic (exact) mass is 429 g/mol. The van der Waals surface area contributed by atoms with Gasteiger partial charge in [-0.25, -0.2) is 4.39 Å². The first-order valence-corrected chi connectivity index (χ1v) is 11.1. The lowest BCUT2D eigenvalue weighted by atomic mass is 10.1. The first-order valence-electron chi connectivity index (χ1n) is 11.1. The van der Waals surface area contributed by atoms with Gasteiger partial charge >= 0.3 is 0 Å². The molecule has 1 aromatic heterocycles. The SMILES string of the molecule is CN=C(NCc1ccc(N2CCOCC2)c(F)c1)NCC(c1ccco1)N1CCCC1. The Hall–Kier alpha value is -2.58. The Morgan fingerprint density at radius 3 is 2.61 bits per heavy atom. The van der Waals surface area contributed by atoms with Crippen LogP contribution >= 0.6 is 0 Å². The summed E-state index contributed by atoms with van der Waals surface area (Å²) in [4.78, 5) is 8.80. The Morgan fingerprint density at radius 2 is 1.94 bits per heavy atom. The molecule has 1 unspecified atom stereocenters. The Labute approximate surface area is 183 Å². The van der Waals surface area contributed by atoms with Gasteiger partial charge in [0.25, 0.3) is 0 Å². The number of furan rings is 1. The van der Waals surface area contributed by atoms with Crippen LogP contribution in [0.4, 0.5) is 10.1 Å². The number of aliphatic imine (C=N–C) groups is 1. The molecule has 0 spiro atoms. The molecule has 7 nitrogen and oxygen atoms in total. The number of guanidine groups is 1. The lowest BCUT2D eigenvalue weighted by molar-refractivity contribution is 0.122. The first-order chi connectivity index (χ1) is 15.2. The number of anilines is 1. The molecule has 0 aliphatic carbocycles. The maximum atomic E-state index is 14.7. The van der Waals surface area contributed by atoms with Crippen LogP contribution in [-0.4, -0.2) is 63.8 Å². The molecule has 31 heavy (non-hydrogen) atoms. The molecule has 0 amide bonds. The second-order valence-corrected chi connectivity index (χ2v) is 7.97. The van der Waals surface area contributed by atoms with Gasteiger partial charge in [0.2, 0.25) is 0 Å². The van der Waals surface area contributed by atoms with Gasteiger partial charge in [-0.05, 0) is 55.8 Å². The van der Waals surface area contributed by atoms with Crippen LogP contribution < -0.4 is 15.5 Å². The lowest BCUT2D eigenvalue weighted by Gasteiger charge is -2.29. The Morgan fingerprint density at radius 1 is 1.13 bits per heavy atom. The van der Waals surface area contributed by atoms with Crippen LogP contribution in [0.2, 0.25) is 0 Å². The molecule has 3 heterocycles. The summed E-state index contributed by atoms with van der Waals surface area (Å²) in [7, 11) is 1.75. The van der Waals surface area contributed by atoms with Gasteiger partial charge in [-0.1, -0.05) is 6.07 Å². The van der Waals surface area contributed by atoms with E-state index in [1.807, 2.05) is 29.2 Å². The molecule has 2 aliphatic rings. The fraction of sp³-hybridized carbons (Fsp3) is 0.522. The van der Waals surface area contributed by atoms with Crippen LogP contribution in [-0.2, 0) is 11.3 Å². The van der Waals surface area contributed by atoms with Gasteiger partial charge in [0.15, 0.2) is 5.96 Å². The predicted molar refractivity (Wildman–Crippen MR) is 120 cm³/mol. The molecule has 1 aromatic carbocycles. The van der Waals surface area contributed by atoms with Crippen molar-refractivity contribution in [2.75, 3.05) is 57.9 Å². The highest BCUT2D eigenvalue weighted by Gasteiger charge is 2.25. The molecule has 2 N–H and O–H groups in total. The molecular formula is C23H32FN5O2. The van der Waals surface area contributed by atoms with Crippen LogP contribution in [0.1, 0.15) is 30.2 Å². The van der Waals surface area contributed by atoms with Crippen LogP contribution in [0.5, 0.6) is 0 Å². The topological polar surface area (TPSA) is 65.3 Å². The summed E-state index contributed by atoms with van der Waals surface area (Å²) >= 11 is 0. The summed E-state index contributed by atoms with van der Waals surface area (Å²) in [6.07, 6.45) is 4.16. The Bertz CT molecular complexity index is 846. The van der Waals surface area contributed by atoms with Crippen LogP contribution in [0.15, 0.2) is 46.0 Å². The molecule has 4 rings (SSSR count). The smallest absolute Gasteiger partial charge is 0.191 e. The van der Waals surface area contributed by atoms with E-state index in [-0.39, 0.29) is 11.9 Å². The van der Waals surface area contributed by atoms with Crippen molar-refractivity contribution in [2.45, 2.75) is 25.4 Å². The number of likely N-dealkylation sites (tertiary alicyclic amines) is 1. The highest BCUT2D eigenvalue weighted by molar-refractivity contribution is 5.79. The minimum absolute atomic E-state index is 0.168.